The standard InChI is InChI=1S/C37H31ClF8N4O3S/c38-27-9-7-22(16-26(27)37(44,45)46)19-48-49-36(52)25-17-24(50-12-2-1-3-13-50)8-10-28(25)47-18-21-5-4-6-23(15-21)20-54-14-11-29(51)53-35-33(42)31(40)30(39)32(41)34(35)43/h4-10,15-17,19,47H,1-3,11-14,18,20H2,(H,49,52). The number of benzene rings is 4. The number of amides is 1. The Kier molecular flexibility index (Phi) is 13.5. The Labute approximate surface area is 313 Å². The molecule has 1 saturated heterocycles. The maximum absolute atomic E-state index is 13.8. The van der Waals surface area contributed by atoms with E-state index in [9.17, 15) is 44.7 Å². The van der Waals surface area contributed by atoms with E-state index in [2.05, 4.69) is 25.5 Å². The van der Waals surface area contributed by atoms with Gasteiger partial charge in [0.05, 0.1) is 28.8 Å². The van der Waals surface area contributed by atoms with E-state index in [0.29, 0.717) is 11.4 Å². The topological polar surface area (TPSA) is 83.0 Å². The molecule has 0 aromatic heterocycles. The summed E-state index contributed by atoms with van der Waals surface area (Å²) in [5.74, 6) is -14.2. The third kappa shape index (κ3) is 10.2. The number of carbonyl (C=O) groups excluding carboxylic acids is 2. The lowest BCUT2D eigenvalue weighted by Crippen LogP contribution is -2.30. The first kappa shape index (κ1) is 40.4. The van der Waals surface area contributed by atoms with Crippen LogP contribution in [-0.4, -0.2) is 36.9 Å². The van der Waals surface area contributed by atoms with Crippen molar-refractivity contribution in [3.05, 3.63) is 123 Å². The number of nitrogens with zero attached hydrogens (tertiary/aromatic N) is 2. The normalized spacial score (nSPS) is 13.3. The number of hydrogen-bond donors (Lipinski definition) is 2. The van der Waals surface area contributed by atoms with Gasteiger partial charge in [0.25, 0.3) is 5.91 Å². The second-order valence-electron chi connectivity index (χ2n) is 12.1. The zero-order valence-corrected chi connectivity index (χ0v) is 29.7. The molecule has 4 aromatic carbocycles. The Morgan fingerprint density at radius 3 is 2.26 bits per heavy atom. The van der Waals surface area contributed by atoms with Gasteiger partial charge in [-0.1, -0.05) is 41.9 Å². The van der Waals surface area contributed by atoms with Crippen molar-refractivity contribution < 1.29 is 49.4 Å². The molecule has 2 N–H and O–H groups in total. The van der Waals surface area contributed by atoms with Crippen LogP contribution in [0.3, 0.4) is 0 Å². The molecule has 54 heavy (non-hydrogen) atoms. The van der Waals surface area contributed by atoms with Gasteiger partial charge in [0.15, 0.2) is 0 Å². The van der Waals surface area contributed by atoms with E-state index < -0.39 is 63.5 Å². The molecule has 1 aliphatic heterocycles. The number of hydrogen-bond acceptors (Lipinski definition) is 7. The molecule has 17 heteroatoms. The number of halogens is 9. The summed E-state index contributed by atoms with van der Waals surface area (Å²) in [6.45, 7) is 1.92. The summed E-state index contributed by atoms with van der Waals surface area (Å²) in [5, 5.41) is 6.68. The van der Waals surface area contributed by atoms with Crippen LogP contribution in [0.2, 0.25) is 5.02 Å². The number of ether oxygens (including phenoxy) is 1. The minimum Gasteiger partial charge on any atom is -0.420 e. The van der Waals surface area contributed by atoms with E-state index >= 15 is 0 Å². The quantitative estimate of drug-likeness (QED) is 0.0205. The van der Waals surface area contributed by atoms with Gasteiger partial charge in [-0.05, 0) is 66.3 Å². The monoisotopic (exact) mass is 798 g/mol. The highest BCUT2D eigenvalue weighted by Crippen LogP contribution is 2.35. The van der Waals surface area contributed by atoms with E-state index in [1.165, 1.54) is 17.8 Å². The van der Waals surface area contributed by atoms with Crippen LogP contribution in [0.1, 0.15) is 58.3 Å². The van der Waals surface area contributed by atoms with Crippen molar-refractivity contribution in [2.45, 2.75) is 44.2 Å². The molecule has 0 aliphatic carbocycles. The van der Waals surface area contributed by atoms with Gasteiger partial charge in [-0.25, -0.2) is 18.6 Å². The minimum absolute atomic E-state index is 0.0783. The molecule has 5 rings (SSSR count). The number of rotatable bonds is 13. The molecule has 7 nitrogen and oxygen atoms in total. The van der Waals surface area contributed by atoms with Gasteiger partial charge < -0.3 is 15.0 Å². The first-order valence-corrected chi connectivity index (χ1v) is 18.0. The van der Waals surface area contributed by atoms with Crippen molar-refractivity contribution in [3.63, 3.8) is 0 Å². The second kappa shape index (κ2) is 18.0. The third-order valence-corrected chi connectivity index (χ3v) is 9.58. The number of thioether (sulfide) groups is 1. The lowest BCUT2D eigenvalue weighted by atomic mass is 10.1. The van der Waals surface area contributed by atoms with Gasteiger partial charge in [0.2, 0.25) is 34.8 Å². The average molecular weight is 799 g/mol. The molecule has 0 unspecified atom stereocenters. The minimum atomic E-state index is -4.67. The summed E-state index contributed by atoms with van der Waals surface area (Å²) in [7, 11) is 0. The molecule has 1 fully saturated rings. The van der Waals surface area contributed by atoms with Gasteiger partial charge in [0, 0.05) is 42.5 Å². The van der Waals surface area contributed by atoms with Crippen molar-refractivity contribution >= 4 is 52.8 Å². The van der Waals surface area contributed by atoms with Gasteiger partial charge in [-0.15, -0.1) is 0 Å². The lowest BCUT2D eigenvalue weighted by molar-refractivity contribution is -0.137. The Bertz CT molecular complexity index is 2010. The van der Waals surface area contributed by atoms with E-state index in [-0.39, 0.29) is 29.8 Å². The van der Waals surface area contributed by atoms with Crippen LogP contribution in [0, 0.1) is 29.1 Å². The van der Waals surface area contributed by atoms with Gasteiger partial charge >= 0.3 is 12.1 Å². The zero-order chi connectivity index (χ0) is 39.0. The first-order chi connectivity index (χ1) is 25.7. The van der Waals surface area contributed by atoms with Crippen LogP contribution in [0.4, 0.5) is 46.5 Å². The van der Waals surface area contributed by atoms with Gasteiger partial charge in [0.1, 0.15) is 0 Å². The molecule has 0 saturated carbocycles. The van der Waals surface area contributed by atoms with E-state index in [0.717, 1.165) is 67.5 Å². The summed E-state index contributed by atoms with van der Waals surface area (Å²) in [6.07, 6.45) is -0.839. The van der Waals surface area contributed by atoms with Crippen molar-refractivity contribution in [1.29, 1.82) is 0 Å². The molecule has 0 radical (unpaired) electrons. The number of piperidine rings is 1. The molecule has 0 atom stereocenters. The maximum atomic E-state index is 13.8. The summed E-state index contributed by atoms with van der Waals surface area (Å²) >= 11 is 6.96. The van der Waals surface area contributed by atoms with Crippen LogP contribution in [0.25, 0.3) is 0 Å². The number of alkyl halides is 3. The maximum Gasteiger partial charge on any atom is 0.417 e. The molecule has 1 heterocycles. The van der Waals surface area contributed by atoms with Crippen LogP contribution < -0.4 is 20.4 Å². The highest BCUT2D eigenvalue weighted by atomic mass is 35.5. The number of nitrogens with one attached hydrogen (secondary N) is 2. The van der Waals surface area contributed by atoms with E-state index in [4.69, 9.17) is 11.6 Å². The Balaban J connectivity index is 1.20. The van der Waals surface area contributed by atoms with Gasteiger partial charge in [-0.2, -0.15) is 38.8 Å². The van der Waals surface area contributed by atoms with Gasteiger partial charge in [-0.3, -0.25) is 9.59 Å². The van der Waals surface area contributed by atoms with Crippen LogP contribution in [0.15, 0.2) is 65.8 Å². The predicted octanol–water partition coefficient (Wildman–Crippen LogP) is 9.65. The molecule has 1 aliphatic rings. The third-order valence-electron chi connectivity index (χ3n) is 8.22. The van der Waals surface area contributed by atoms with Crippen LogP contribution in [-0.2, 0) is 23.3 Å². The molecular weight excluding hydrogens is 768 g/mol. The average Bonchev–Trinajstić information content (AvgIpc) is 3.16. The number of hydrazone groups is 1. The predicted molar refractivity (Wildman–Crippen MR) is 190 cm³/mol. The Morgan fingerprint density at radius 1 is 0.870 bits per heavy atom. The van der Waals surface area contributed by atoms with E-state index in [1.54, 1.807) is 18.2 Å². The fourth-order valence-corrected chi connectivity index (χ4v) is 6.60. The van der Waals surface area contributed by atoms with E-state index in [1.807, 2.05) is 24.3 Å². The van der Waals surface area contributed by atoms with Crippen LogP contribution >= 0.6 is 23.4 Å². The molecule has 0 spiro atoms. The first-order valence-electron chi connectivity index (χ1n) is 16.4. The second-order valence-corrected chi connectivity index (χ2v) is 13.6. The molecule has 286 valence electrons. The molecule has 0 bridgehead atoms. The zero-order valence-electron chi connectivity index (χ0n) is 28.1. The number of esters is 1. The number of carbonyl (C=O) groups is 2. The van der Waals surface area contributed by atoms with Crippen molar-refractivity contribution in [2.75, 3.05) is 29.1 Å². The molecule has 1 amide bonds. The molecular formula is C37H31ClF8N4O3S. The van der Waals surface area contributed by atoms with Crippen molar-refractivity contribution in [3.8, 4) is 5.75 Å². The highest BCUT2D eigenvalue weighted by molar-refractivity contribution is 7.98. The summed E-state index contributed by atoms with van der Waals surface area (Å²) in [5.41, 5.74) is 4.68. The lowest BCUT2D eigenvalue weighted by Gasteiger charge is -2.29. The summed E-state index contributed by atoms with van der Waals surface area (Å²) in [4.78, 5) is 27.6. The van der Waals surface area contributed by atoms with Crippen molar-refractivity contribution in [1.82, 2.24) is 5.43 Å². The Hall–Kier alpha value is -4.83. The largest absolute Gasteiger partial charge is 0.420 e. The fraction of sp³-hybridized carbons (Fsp3) is 0.270. The van der Waals surface area contributed by atoms with Crippen molar-refractivity contribution in [2.24, 2.45) is 5.10 Å². The summed E-state index contributed by atoms with van der Waals surface area (Å²) < 4.78 is 112. The van der Waals surface area contributed by atoms with Crippen LogP contribution in [0.5, 0.6) is 5.75 Å². The summed E-state index contributed by atoms with van der Waals surface area (Å²) in [6, 6.07) is 16.0. The smallest absolute Gasteiger partial charge is 0.417 e. The Morgan fingerprint density at radius 2 is 1.56 bits per heavy atom. The highest BCUT2D eigenvalue weighted by Gasteiger charge is 2.33. The SMILES string of the molecule is O=C(CCSCc1cccc(CNc2ccc(N3CCCCC3)cc2C(=O)NN=Cc2ccc(Cl)c(C(F)(F)F)c2)c1)Oc1c(F)c(F)c(F)c(F)c1F. The molecule has 4 aromatic rings. The fourth-order valence-electron chi connectivity index (χ4n) is 5.50. The number of anilines is 2.